The second-order valence-corrected chi connectivity index (χ2v) is 10.3. The van der Waals surface area contributed by atoms with E-state index < -0.39 is 5.97 Å². The van der Waals surface area contributed by atoms with Crippen LogP contribution in [0.1, 0.15) is 75.8 Å². The van der Waals surface area contributed by atoms with Gasteiger partial charge in [-0.15, -0.1) is 0 Å². The van der Waals surface area contributed by atoms with Gasteiger partial charge >= 0.3 is 5.97 Å². The van der Waals surface area contributed by atoms with Crippen molar-refractivity contribution in [3.8, 4) is 11.8 Å². The fourth-order valence-electron chi connectivity index (χ4n) is 6.45. The Hall–Kier alpha value is -2.58. The maximum Gasteiger partial charge on any atom is 0.306 e. The second kappa shape index (κ2) is 9.35. The molecule has 2 aliphatic heterocycles. The summed E-state index contributed by atoms with van der Waals surface area (Å²) in [5.74, 6) is 0.702. The third kappa shape index (κ3) is 4.46. The number of hydrogen-bond acceptors (Lipinski definition) is 4. The molecule has 174 valence electrons. The summed E-state index contributed by atoms with van der Waals surface area (Å²) in [6, 6.07) is 13.6. The number of carboxylic acid groups (broad SMARTS) is 1. The molecule has 2 aromatic carbocycles. The van der Waals surface area contributed by atoms with Crippen molar-refractivity contribution < 1.29 is 14.6 Å². The van der Waals surface area contributed by atoms with Crippen LogP contribution in [0.3, 0.4) is 0 Å². The van der Waals surface area contributed by atoms with E-state index in [0.29, 0.717) is 23.4 Å². The van der Waals surface area contributed by atoms with Crippen LogP contribution in [0.5, 0.6) is 5.75 Å². The van der Waals surface area contributed by atoms with Crippen LogP contribution in [0, 0.1) is 23.2 Å². The lowest BCUT2D eigenvalue weighted by Gasteiger charge is -2.37. The Morgan fingerprint density at radius 1 is 1.09 bits per heavy atom. The molecule has 2 unspecified atom stereocenters. The van der Waals surface area contributed by atoms with Gasteiger partial charge < -0.3 is 9.84 Å². The number of rotatable bonds is 6. The van der Waals surface area contributed by atoms with E-state index in [4.69, 9.17) is 4.74 Å². The molecular weight excluding hydrogens is 412 g/mol. The van der Waals surface area contributed by atoms with E-state index in [0.717, 1.165) is 61.8 Å². The Kier molecular flexibility index (Phi) is 6.29. The van der Waals surface area contributed by atoms with Crippen LogP contribution in [0.4, 0.5) is 0 Å². The van der Waals surface area contributed by atoms with Crippen molar-refractivity contribution in [2.45, 2.75) is 89.4 Å². The summed E-state index contributed by atoms with van der Waals surface area (Å²) in [6.07, 6.45) is 9.74. The molecule has 2 heterocycles. The quantitative estimate of drug-likeness (QED) is 0.599. The molecule has 2 aromatic rings. The first kappa shape index (κ1) is 22.2. The number of piperidine rings is 1. The van der Waals surface area contributed by atoms with E-state index in [1.54, 1.807) is 0 Å². The van der Waals surface area contributed by atoms with Gasteiger partial charge in [-0.1, -0.05) is 31.5 Å². The van der Waals surface area contributed by atoms with E-state index in [2.05, 4.69) is 42.2 Å². The van der Waals surface area contributed by atoms with Gasteiger partial charge in [-0.3, -0.25) is 9.69 Å². The molecule has 3 fully saturated rings. The topological polar surface area (TPSA) is 73.6 Å². The first-order valence-electron chi connectivity index (χ1n) is 12.7. The highest BCUT2D eigenvalue weighted by Crippen LogP contribution is 2.40. The molecule has 1 saturated carbocycles. The van der Waals surface area contributed by atoms with Crippen molar-refractivity contribution >= 4 is 16.7 Å². The van der Waals surface area contributed by atoms with Crippen LogP contribution in [-0.2, 0) is 11.3 Å². The number of benzene rings is 2. The molecule has 5 rings (SSSR count). The van der Waals surface area contributed by atoms with Gasteiger partial charge in [0.05, 0.1) is 12.0 Å². The van der Waals surface area contributed by atoms with Crippen LogP contribution in [0.2, 0.25) is 0 Å². The molecule has 2 bridgehead atoms. The minimum atomic E-state index is -0.641. The predicted molar refractivity (Wildman–Crippen MR) is 128 cm³/mol. The third-order valence-electron chi connectivity index (χ3n) is 8.42. The van der Waals surface area contributed by atoms with E-state index in [1.807, 2.05) is 6.07 Å². The van der Waals surface area contributed by atoms with E-state index in [1.165, 1.54) is 24.8 Å². The summed E-state index contributed by atoms with van der Waals surface area (Å²) in [6.45, 7) is 3.11. The zero-order valence-electron chi connectivity index (χ0n) is 19.5. The van der Waals surface area contributed by atoms with Crippen LogP contribution < -0.4 is 4.74 Å². The molecule has 0 aromatic heterocycles. The lowest BCUT2D eigenvalue weighted by atomic mass is 9.86. The standard InChI is InChI=1S/C28H34N2O3/c1-2-18-3-9-24(10-4-18)33-27-12-6-20-13-19(5-11-25(20)26(27)16-29)17-30-22-7-8-23(30)15-21(14-22)28(31)32/h5-6,11-13,18,21-24H,2-4,7-10,14-15,17H2,1H3,(H,31,32). The third-order valence-corrected chi connectivity index (χ3v) is 8.42. The Morgan fingerprint density at radius 3 is 2.45 bits per heavy atom. The van der Waals surface area contributed by atoms with Gasteiger partial charge in [0.25, 0.3) is 0 Å². The van der Waals surface area contributed by atoms with Gasteiger partial charge in [0, 0.05) is 24.0 Å². The van der Waals surface area contributed by atoms with Crippen molar-refractivity contribution in [2.75, 3.05) is 0 Å². The van der Waals surface area contributed by atoms with Gasteiger partial charge in [-0.2, -0.15) is 5.26 Å². The lowest BCUT2D eigenvalue weighted by molar-refractivity contribution is -0.144. The van der Waals surface area contributed by atoms with Gasteiger partial charge in [0.1, 0.15) is 17.4 Å². The number of hydrogen-bond donors (Lipinski definition) is 1. The smallest absolute Gasteiger partial charge is 0.306 e. The number of ether oxygens (including phenoxy) is 1. The van der Waals surface area contributed by atoms with Crippen molar-refractivity contribution in [3.05, 3.63) is 41.5 Å². The summed E-state index contributed by atoms with van der Waals surface area (Å²) in [4.78, 5) is 14.0. The van der Waals surface area contributed by atoms with E-state index in [9.17, 15) is 15.2 Å². The normalized spacial score (nSPS) is 29.6. The van der Waals surface area contributed by atoms with Crippen LogP contribution in [0.15, 0.2) is 30.3 Å². The first-order chi connectivity index (χ1) is 16.1. The maximum atomic E-state index is 11.5. The van der Waals surface area contributed by atoms with Crippen molar-refractivity contribution in [1.29, 1.82) is 5.26 Å². The van der Waals surface area contributed by atoms with Crippen LogP contribution >= 0.6 is 0 Å². The van der Waals surface area contributed by atoms with Crippen molar-refractivity contribution in [1.82, 2.24) is 4.90 Å². The average molecular weight is 447 g/mol. The van der Waals surface area contributed by atoms with Crippen molar-refractivity contribution in [2.24, 2.45) is 11.8 Å². The zero-order chi connectivity index (χ0) is 22.9. The number of fused-ring (bicyclic) bond motifs is 3. The Balaban J connectivity index is 1.32. The number of carbonyl (C=O) groups is 1. The SMILES string of the molecule is CCC1CCC(Oc2ccc3cc(CN4C5CCC4CC(C(=O)O)C5)ccc3c2C#N)CC1. The maximum absolute atomic E-state index is 11.5. The summed E-state index contributed by atoms with van der Waals surface area (Å²) in [5, 5.41) is 21.4. The highest BCUT2D eigenvalue weighted by atomic mass is 16.5. The molecule has 1 N–H and O–H groups in total. The molecule has 5 heteroatoms. The van der Waals surface area contributed by atoms with Crippen LogP contribution in [-0.4, -0.2) is 34.2 Å². The number of carboxylic acids is 1. The molecule has 5 nitrogen and oxygen atoms in total. The summed E-state index contributed by atoms with van der Waals surface area (Å²) in [7, 11) is 0. The highest BCUT2D eigenvalue weighted by Gasteiger charge is 2.42. The summed E-state index contributed by atoms with van der Waals surface area (Å²) in [5.41, 5.74) is 1.86. The van der Waals surface area contributed by atoms with Crippen molar-refractivity contribution in [3.63, 3.8) is 0 Å². The molecule has 0 amide bonds. The summed E-state index contributed by atoms with van der Waals surface area (Å²) >= 11 is 0. The van der Waals surface area contributed by atoms with E-state index in [-0.39, 0.29) is 12.0 Å². The fourth-order valence-corrected chi connectivity index (χ4v) is 6.45. The number of nitrogens with zero attached hydrogens (tertiary/aromatic N) is 2. The molecule has 1 aliphatic carbocycles. The van der Waals surface area contributed by atoms with Gasteiger partial charge in [0.2, 0.25) is 0 Å². The largest absolute Gasteiger partial charge is 0.489 e. The molecule has 2 atom stereocenters. The highest BCUT2D eigenvalue weighted by molar-refractivity contribution is 5.90. The molecule has 0 spiro atoms. The van der Waals surface area contributed by atoms with E-state index >= 15 is 0 Å². The fraction of sp³-hybridized carbons (Fsp3) is 0.571. The lowest BCUT2D eigenvalue weighted by Crippen LogP contribution is -2.44. The molecule has 33 heavy (non-hydrogen) atoms. The number of aliphatic carboxylic acids is 1. The molecule has 2 saturated heterocycles. The molecule has 3 aliphatic rings. The first-order valence-corrected chi connectivity index (χ1v) is 12.7. The van der Waals surface area contributed by atoms with Gasteiger partial charge in [-0.25, -0.2) is 0 Å². The Bertz CT molecular complexity index is 1050. The minimum Gasteiger partial charge on any atom is -0.489 e. The predicted octanol–water partition coefficient (Wildman–Crippen LogP) is 5.89. The van der Waals surface area contributed by atoms with Gasteiger partial charge in [0.15, 0.2) is 0 Å². The molecule has 0 radical (unpaired) electrons. The average Bonchev–Trinajstić information content (AvgIpc) is 3.05. The monoisotopic (exact) mass is 446 g/mol. The number of nitriles is 1. The minimum absolute atomic E-state index is 0.191. The Labute approximate surface area is 196 Å². The molecular formula is C28H34N2O3. The van der Waals surface area contributed by atoms with Crippen LogP contribution in [0.25, 0.3) is 10.8 Å². The second-order valence-electron chi connectivity index (χ2n) is 10.3. The Morgan fingerprint density at radius 2 is 1.82 bits per heavy atom. The zero-order valence-corrected chi connectivity index (χ0v) is 19.5. The summed E-state index contributed by atoms with van der Waals surface area (Å²) < 4.78 is 6.32. The van der Waals surface area contributed by atoms with Gasteiger partial charge in [-0.05, 0) is 80.4 Å².